The quantitative estimate of drug-likeness (QED) is 0.547. The minimum atomic E-state index is -0.220. The SMILES string of the molecule is N=C1C(c2nc(-c3ccc(Br)cc3)cs2)=C(O)CN1CC1COc2ccccc2O1. The summed E-state index contributed by atoms with van der Waals surface area (Å²) in [6.07, 6.45) is -0.220. The van der Waals surface area contributed by atoms with Gasteiger partial charge in [-0.15, -0.1) is 11.3 Å². The summed E-state index contributed by atoms with van der Waals surface area (Å²) in [6.45, 7) is 1.12. The van der Waals surface area contributed by atoms with Gasteiger partial charge in [-0.05, 0) is 24.3 Å². The van der Waals surface area contributed by atoms with Crippen LogP contribution in [0.2, 0.25) is 0 Å². The number of halogens is 1. The van der Waals surface area contributed by atoms with Crippen molar-refractivity contribution in [3.05, 3.63) is 69.2 Å². The van der Waals surface area contributed by atoms with Crippen molar-refractivity contribution in [1.29, 1.82) is 5.41 Å². The molecule has 2 aromatic carbocycles. The van der Waals surface area contributed by atoms with Crippen molar-refractivity contribution in [2.24, 2.45) is 0 Å². The number of aliphatic hydroxyl groups excluding tert-OH is 1. The first-order chi connectivity index (χ1) is 14.6. The third-order valence-electron chi connectivity index (χ3n) is 5.03. The van der Waals surface area contributed by atoms with Gasteiger partial charge in [0, 0.05) is 15.4 Å². The Balaban J connectivity index is 1.31. The summed E-state index contributed by atoms with van der Waals surface area (Å²) in [6, 6.07) is 15.5. The second-order valence-electron chi connectivity index (χ2n) is 7.09. The van der Waals surface area contributed by atoms with Crippen molar-refractivity contribution in [1.82, 2.24) is 9.88 Å². The van der Waals surface area contributed by atoms with E-state index in [1.54, 1.807) is 4.90 Å². The molecule has 0 saturated carbocycles. The van der Waals surface area contributed by atoms with Crippen molar-refractivity contribution < 1.29 is 14.6 Å². The Labute approximate surface area is 186 Å². The Kier molecular flexibility index (Phi) is 4.96. The maximum Gasteiger partial charge on any atom is 0.161 e. The number of nitrogens with zero attached hydrogens (tertiary/aromatic N) is 2. The Morgan fingerprint density at radius 1 is 1.17 bits per heavy atom. The number of amidine groups is 1. The predicted molar refractivity (Wildman–Crippen MR) is 120 cm³/mol. The maximum absolute atomic E-state index is 10.6. The van der Waals surface area contributed by atoms with Gasteiger partial charge in [-0.3, -0.25) is 5.41 Å². The number of ether oxygens (including phenoxy) is 2. The van der Waals surface area contributed by atoms with Gasteiger partial charge in [-0.1, -0.05) is 40.2 Å². The molecule has 152 valence electrons. The molecule has 8 heteroatoms. The number of nitrogens with one attached hydrogen (secondary N) is 1. The van der Waals surface area contributed by atoms with E-state index in [2.05, 4.69) is 20.9 Å². The number of para-hydroxylation sites is 2. The van der Waals surface area contributed by atoms with Crippen LogP contribution in [-0.2, 0) is 0 Å². The van der Waals surface area contributed by atoms with Gasteiger partial charge >= 0.3 is 0 Å². The highest BCUT2D eigenvalue weighted by Crippen LogP contribution is 2.34. The van der Waals surface area contributed by atoms with Crippen molar-refractivity contribution >= 4 is 38.7 Å². The lowest BCUT2D eigenvalue weighted by atomic mass is 10.2. The normalized spacial score (nSPS) is 18.2. The molecular formula is C22H18BrN3O3S. The first kappa shape index (κ1) is 19.1. The summed E-state index contributed by atoms with van der Waals surface area (Å²) in [4.78, 5) is 6.46. The van der Waals surface area contributed by atoms with E-state index in [0.717, 1.165) is 21.5 Å². The fourth-order valence-electron chi connectivity index (χ4n) is 3.55. The van der Waals surface area contributed by atoms with Crippen LogP contribution in [0.4, 0.5) is 0 Å². The smallest absolute Gasteiger partial charge is 0.161 e. The molecule has 5 rings (SSSR count). The molecule has 0 fully saturated rings. The fourth-order valence-corrected chi connectivity index (χ4v) is 4.71. The van der Waals surface area contributed by atoms with Crippen LogP contribution in [-0.4, -0.2) is 46.6 Å². The van der Waals surface area contributed by atoms with Gasteiger partial charge < -0.3 is 19.5 Å². The number of hydrogen-bond acceptors (Lipinski definition) is 6. The van der Waals surface area contributed by atoms with E-state index in [9.17, 15) is 5.11 Å². The van der Waals surface area contributed by atoms with Crippen LogP contribution < -0.4 is 9.47 Å². The van der Waals surface area contributed by atoms with Gasteiger partial charge in [0.05, 0.1) is 24.4 Å². The van der Waals surface area contributed by atoms with Crippen LogP contribution in [0.1, 0.15) is 5.01 Å². The van der Waals surface area contributed by atoms with Gasteiger partial charge in [-0.25, -0.2) is 4.98 Å². The van der Waals surface area contributed by atoms with Gasteiger partial charge in [0.15, 0.2) is 17.6 Å². The first-order valence-corrected chi connectivity index (χ1v) is 11.1. The van der Waals surface area contributed by atoms with E-state index < -0.39 is 0 Å². The molecule has 0 spiro atoms. The Hall–Kier alpha value is -2.84. The molecular weight excluding hydrogens is 466 g/mol. The Morgan fingerprint density at radius 2 is 1.93 bits per heavy atom. The van der Waals surface area contributed by atoms with Crippen LogP contribution in [0.15, 0.2) is 64.1 Å². The Bertz CT molecular complexity index is 1140. The van der Waals surface area contributed by atoms with Crippen LogP contribution in [0.5, 0.6) is 11.5 Å². The van der Waals surface area contributed by atoms with E-state index in [1.807, 2.05) is 53.9 Å². The molecule has 3 aromatic rings. The summed E-state index contributed by atoms with van der Waals surface area (Å²) in [5, 5.41) is 21.8. The predicted octanol–water partition coefficient (Wildman–Crippen LogP) is 4.97. The molecule has 1 aromatic heterocycles. The molecule has 2 N–H and O–H groups in total. The molecule has 0 radical (unpaired) electrons. The van der Waals surface area contributed by atoms with Crippen LogP contribution >= 0.6 is 27.3 Å². The van der Waals surface area contributed by atoms with Gasteiger partial charge in [-0.2, -0.15) is 0 Å². The molecule has 0 bridgehead atoms. The summed E-state index contributed by atoms with van der Waals surface area (Å²) < 4.78 is 12.8. The first-order valence-electron chi connectivity index (χ1n) is 9.45. The second-order valence-corrected chi connectivity index (χ2v) is 8.87. The highest BCUT2D eigenvalue weighted by molar-refractivity contribution is 9.10. The summed E-state index contributed by atoms with van der Waals surface area (Å²) in [7, 11) is 0. The largest absolute Gasteiger partial charge is 0.510 e. The summed E-state index contributed by atoms with van der Waals surface area (Å²) >= 11 is 4.87. The number of thiazole rings is 1. The average molecular weight is 484 g/mol. The van der Waals surface area contributed by atoms with E-state index in [4.69, 9.17) is 14.9 Å². The standard InChI is InChI=1S/C22H18BrN3O3S/c23-14-7-5-13(6-8-14)16-12-30-22(25-16)20-17(27)10-26(21(20)24)9-15-11-28-18-3-1-2-4-19(18)29-15/h1-8,12,15,24,27H,9-11H2. The average Bonchev–Trinajstić information content (AvgIpc) is 3.33. The van der Waals surface area contributed by atoms with Crippen molar-refractivity contribution in [3.8, 4) is 22.8 Å². The number of rotatable bonds is 4. The lowest BCUT2D eigenvalue weighted by Crippen LogP contribution is -2.42. The highest BCUT2D eigenvalue weighted by atomic mass is 79.9. The number of aromatic nitrogens is 1. The van der Waals surface area contributed by atoms with Crippen molar-refractivity contribution in [2.45, 2.75) is 6.10 Å². The van der Waals surface area contributed by atoms with Crippen molar-refractivity contribution in [2.75, 3.05) is 19.7 Å². The molecule has 1 unspecified atom stereocenters. The molecule has 2 aliphatic rings. The lowest BCUT2D eigenvalue weighted by molar-refractivity contribution is 0.0751. The number of aliphatic hydroxyl groups is 1. The second kappa shape index (κ2) is 7.77. The third kappa shape index (κ3) is 3.57. The number of hydrogen-bond donors (Lipinski definition) is 2. The minimum absolute atomic E-state index is 0.161. The maximum atomic E-state index is 10.6. The van der Waals surface area contributed by atoms with Gasteiger partial charge in [0.25, 0.3) is 0 Å². The zero-order valence-corrected chi connectivity index (χ0v) is 18.2. The van der Waals surface area contributed by atoms with Gasteiger partial charge in [0.1, 0.15) is 23.2 Å². The third-order valence-corrected chi connectivity index (χ3v) is 6.42. The number of benzene rings is 2. The minimum Gasteiger partial charge on any atom is -0.510 e. The molecule has 2 aliphatic heterocycles. The molecule has 3 heterocycles. The van der Waals surface area contributed by atoms with E-state index in [0.29, 0.717) is 29.5 Å². The zero-order valence-electron chi connectivity index (χ0n) is 15.8. The van der Waals surface area contributed by atoms with Crippen LogP contribution in [0, 0.1) is 5.41 Å². The fraction of sp³-hybridized carbons (Fsp3) is 0.182. The zero-order chi connectivity index (χ0) is 20.7. The number of fused-ring (bicyclic) bond motifs is 1. The van der Waals surface area contributed by atoms with Crippen LogP contribution in [0.25, 0.3) is 16.8 Å². The van der Waals surface area contributed by atoms with Crippen LogP contribution in [0.3, 0.4) is 0 Å². The van der Waals surface area contributed by atoms with E-state index in [1.165, 1.54) is 11.3 Å². The Morgan fingerprint density at radius 3 is 2.73 bits per heavy atom. The van der Waals surface area contributed by atoms with Gasteiger partial charge in [0.2, 0.25) is 0 Å². The summed E-state index contributed by atoms with van der Waals surface area (Å²) in [5.41, 5.74) is 2.31. The molecule has 30 heavy (non-hydrogen) atoms. The van der Waals surface area contributed by atoms with E-state index >= 15 is 0 Å². The molecule has 0 amide bonds. The molecule has 6 nitrogen and oxygen atoms in total. The molecule has 0 saturated heterocycles. The lowest BCUT2D eigenvalue weighted by Gasteiger charge is -2.30. The monoisotopic (exact) mass is 483 g/mol. The van der Waals surface area contributed by atoms with Crippen molar-refractivity contribution in [3.63, 3.8) is 0 Å². The summed E-state index contributed by atoms with van der Waals surface area (Å²) in [5.74, 6) is 1.85. The van der Waals surface area contributed by atoms with E-state index in [-0.39, 0.29) is 24.2 Å². The topological polar surface area (TPSA) is 78.7 Å². The highest BCUT2D eigenvalue weighted by Gasteiger charge is 2.33. The molecule has 1 atom stereocenters. The molecule has 0 aliphatic carbocycles.